The predicted octanol–water partition coefficient (Wildman–Crippen LogP) is 14.7. The van der Waals surface area contributed by atoms with E-state index in [1.807, 2.05) is 12.2 Å². The Balaban J connectivity index is 1.18. The SMILES string of the molecule is C=C/C=C\C=C(/C)N1c2ccccc2C2(c3ccccc3)c3cc(N(c4ccccc4)c4ccc5c6ccccc6n(-c6ccccc6)c5c4)ccc3-c3cccc1c32. The summed E-state index contributed by atoms with van der Waals surface area (Å²) in [6, 6.07) is 71.3. The molecule has 0 saturated heterocycles. The van der Waals surface area contributed by atoms with Crippen molar-refractivity contribution in [2.24, 2.45) is 0 Å². The van der Waals surface area contributed by atoms with Gasteiger partial charge in [0.15, 0.2) is 0 Å². The second kappa shape index (κ2) is 13.8. The Kier molecular flexibility index (Phi) is 8.09. The molecule has 11 rings (SSSR count). The standard InChI is InChI=1S/C56H41N3/c1-3-4-8-20-39(2)57-52-31-18-16-29-49(52)56(40-21-9-5-10-22-40)50-37-43(33-35-45(50)48-28-19-32-53(57)55(48)56)58(41-23-11-6-12-24-41)44-34-36-47-46-27-15-17-30-51(46)59(54(47)38-44)42-25-13-7-14-26-42/h3-38H,1H2,2H3/b8-4-,39-20+. The largest absolute Gasteiger partial charge is 0.314 e. The molecule has 0 spiro atoms. The van der Waals surface area contributed by atoms with Crippen molar-refractivity contribution in [3.63, 3.8) is 0 Å². The topological polar surface area (TPSA) is 11.4 Å². The minimum atomic E-state index is -0.561. The Morgan fingerprint density at radius 2 is 1.19 bits per heavy atom. The molecule has 2 heterocycles. The highest BCUT2D eigenvalue weighted by Gasteiger charge is 2.52. The van der Waals surface area contributed by atoms with Gasteiger partial charge in [-0.25, -0.2) is 0 Å². The van der Waals surface area contributed by atoms with Crippen LogP contribution in [0.4, 0.5) is 28.4 Å². The van der Waals surface area contributed by atoms with Gasteiger partial charge in [-0.3, -0.25) is 0 Å². The minimum absolute atomic E-state index is 0.561. The van der Waals surface area contributed by atoms with Gasteiger partial charge in [-0.2, -0.15) is 0 Å². The van der Waals surface area contributed by atoms with Crippen LogP contribution >= 0.6 is 0 Å². The molecule has 9 aromatic rings. The van der Waals surface area contributed by atoms with Gasteiger partial charge in [0.1, 0.15) is 0 Å². The molecular formula is C56H41N3. The van der Waals surface area contributed by atoms with Crippen molar-refractivity contribution in [1.82, 2.24) is 4.57 Å². The first-order valence-corrected chi connectivity index (χ1v) is 20.3. The van der Waals surface area contributed by atoms with Gasteiger partial charge in [0.05, 0.1) is 27.8 Å². The van der Waals surface area contributed by atoms with Gasteiger partial charge in [0.2, 0.25) is 0 Å². The fourth-order valence-electron chi connectivity index (χ4n) is 9.94. The predicted molar refractivity (Wildman–Crippen MR) is 248 cm³/mol. The van der Waals surface area contributed by atoms with Gasteiger partial charge in [-0.15, -0.1) is 0 Å². The first kappa shape index (κ1) is 34.6. The quantitative estimate of drug-likeness (QED) is 0.143. The molecule has 0 N–H and O–H groups in total. The fraction of sp³-hybridized carbons (Fsp3) is 0.0357. The van der Waals surface area contributed by atoms with Crippen LogP contribution in [0, 0.1) is 0 Å². The third-order valence-electron chi connectivity index (χ3n) is 12.3. The highest BCUT2D eigenvalue weighted by molar-refractivity contribution is 6.10. The monoisotopic (exact) mass is 755 g/mol. The zero-order valence-electron chi connectivity index (χ0n) is 32.8. The maximum atomic E-state index is 3.90. The molecule has 1 unspecified atom stereocenters. The van der Waals surface area contributed by atoms with Crippen molar-refractivity contribution in [2.75, 3.05) is 9.80 Å². The summed E-state index contributed by atoms with van der Waals surface area (Å²) in [7, 11) is 0. The summed E-state index contributed by atoms with van der Waals surface area (Å²) in [6.45, 7) is 6.10. The summed E-state index contributed by atoms with van der Waals surface area (Å²) in [5, 5.41) is 2.47. The smallest absolute Gasteiger partial charge is 0.0755 e. The van der Waals surface area contributed by atoms with E-state index in [0.29, 0.717) is 0 Å². The van der Waals surface area contributed by atoms with Crippen LogP contribution < -0.4 is 9.80 Å². The van der Waals surface area contributed by atoms with Crippen molar-refractivity contribution in [3.05, 3.63) is 253 Å². The average Bonchev–Trinajstić information content (AvgIpc) is 3.79. The lowest BCUT2D eigenvalue weighted by Crippen LogP contribution is -2.36. The van der Waals surface area contributed by atoms with Crippen molar-refractivity contribution in [2.45, 2.75) is 12.3 Å². The molecule has 1 aromatic heterocycles. The number of para-hydroxylation sites is 4. The average molecular weight is 756 g/mol. The second-order valence-electron chi connectivity index (χ2n) is 15.4. The van der Waals surface area contributed by atoms with Gasteiger partial charge in [-0.1, -0.05) is 152 Å². The number of aromatic nitrogens is 1. The Labute approximate surface area is 345 Å². The van der Waals surface area contributed by atoms with Crippen molar-refractivity contribution < 1.29 is 0 Å². The first-order valence-electron chi connectivity index (χ1n) is 20.3. The normalized spacial score (nSPS) is 15.3. The van der Waals surface area contributed by atoms with Gasteiger partial charge in [-0.05, 0) is 108 Å². The fourth-order valence-corrected chi connectivity index (χ4v) is 9.94. The highest BCUT2D eigenvalue weighted by Crippen LogP contribution is 2.64. The molecule has 280 valence electrons. The van der Waals surface area contributed by atoms with Crippen LogP contribution in [0.2, 0.25) is 0 Å². The summed E-state index contributed by atoms with van der Waals surface area (Å²) < 4.78 is 2.40. The molecule has 0 amide bonds. The molecule has 0 bridgehead atoms. The van der Waals surface area contributed by atoms with Crippen LogP contribution in [-0.4, -0.2) is 4.57 Å². The third-order valence-corrected chi connectivity index (χ3v) is 12.3. The first-order chi connectivity index (χ1) is 29.2. The van der Waals surface area contributed by atoms with E-state index in [9.17, 15) is 0 Å². The van der Waals surface area contributed by atoms with Crippen LogP contribution in [0.3, 0.4) is 0 Å². The van der Waals surface area contributed by atoms with E-state index in [-0.39, 0.29) is 0 Å². The van der Waals surface area contributed by atoms with Crippen LogP contribution in [0.5, 0.6) is 0 Å². The molecule has 1 aliphatic heterocycles. The summed E-state index contributed by atoms with van der Waals surface area (Å²) in [5.74, 6) is 0. The number of fused-ring (bicyclic) bond motifs is 8. The zero-order valence-corrected chi connectivity index (χ0v) is 32.8. The number of hydrogen-bond donors (Lipinski definition) is 0. The maximum Gasteiger partial charge on any atom is 0.0755 e. The van der Waals surface area contributed by atoms with Crippen LogP contribution in [0.1, 0.15) is 29.2 Å². The van der Waals surface area contributed by atoms with E-state index in [0.717, 1.165) is 28.4 Å². The lowest BCUT2D eigenvalue weighted by atomic mass is 9.65. The number of rotatable bonds is 8. The molecular weight excluding hydrogens is 715 g/mol. The Morgan fingerprint density at radius 3 is 2.00 bits per heavy atom. The van der Waals surface area contributed by atoms with E-state index >= 15 is 0 Å². The van der Waals surface area contributed by atoms with E-state index in [2.05, 4.69) is 234 Å². The van der Waals surface area contributed by atoms with Gasteiger partial charge >= 0.3 is 0 Å². The lowest BCUT2D eigenvalue weighted by molar-refractivity contribution is 0.749. The highest BCUT2D eigenvalue weighted by atomic mass is 15.2. The van der Waals surface area contributed by atoms with E-state index < -0.39 is 5.41 Å². The van der Waals surface area contributed by atoms with Crippen LogP contribution in [-0.2, 0) is 5.41 Å². The second-order valence-corrected chi connectivity index (χ2v) is 15.4. The minimum Gasteiger partial charge on any atom is -0.314 e. The van der Waals surface area contributed by atoms with Crippen molar-refractivity contribution >= 4 is 50.2 Å². The zero-order chi connectivity index (χ0) is 39.5. The van der Waals surface area contributed by atoms with Crippen molar-refractivity contribution in [3.8, 4) is 16.8 Å². The Bertz CT molecular complexity index is 3140. The Morgan fingerprint density at radius 1 is 0.525 bits per heavy atom. The molecule has 0 saturated carbocycles. The number of allylic oxidation sites excluding steroid dienone is 5. The van der Waals surface area contributed by atoms with Crippen LogP contribution in [0.25, 0.3) is 38.6 Å². The molecule has 2 aliphatic rings. The molecule has 3 nitrogen and oxygen atoms in total. The molecule has 1 aliphatic carbocycles. The number of anilines is 5. The van der Waals surface area contributed by atoms with E-state index in [1.165, 1.54) is 66.6 Å². The molecule has 59 heavy (non-hydrogen) atoms. The molecule has 3 heteroatoms. The lowest BCUT2D eigenvalue weighted by Gasteiger charge is -2.45. The summed E-state index contributed by atoms with van der Waals surface area (Å²) in [5.41, 5.74) is 17.4. The Hall–Kier alpha value is -7.62. The number of nitrogens with zero attached hydrogens (tertiary/aromatic N) is 3. The van der Waals surface area contributed by atoms with Gasteiger partial charge in [0, 0.05) is 44.8 Å². The molecule has 0 radical (unpaired) electrons. The molecule has 1 atom stereocenters. The summed E-state index contributed by atoms with van der Waals surface area (Å²) >= 11 is 0. The molecule has 0 fully saturated rings. The number of hydrogen-bond acceptors (Lipinski definition) is 2. The third kappa shape index (κ3) is 5.15. The summed E-state index contributed by atoms with van der Waals surface area (Å²) in [4.78, 5) is 4.86. The number of benzene rings is 8. The maximum absolute atomic E-state index is 3.90. The van der Waals surface area contributed by atoms with E-state index in [1.54, 1.807) is 0 Å². The van der Waals surface area contributed by atoms with E-state index in [4.69, 9.17) is 0 Å². The van der Waals surface area contributed by atoms with Gasteiger partial charge < -0.3 is 14.4 Å². The summed E-state index contributed by atoms with van der Waals surface area (Å²) in [6.07, 6.45) is 8.06. The molecule has 8 aromatic carbocycles. The van der Waals surface area contributed by atoms with Crippen molar-refractivity contribution in [1.29, 1.82) is 0 Å². The van der Waals surface area contributed by atoms with Gasteiger partial charge in [0.25, 0.3) is 0 Å². The van der Waals surface area contributed by atoms with Crippen LogP contribution in [0.15, 0.2) is 231 Å².